The van der Waals surface area contributed by atoms with E-state index in [0.717, 1.165) is 37.0 Å². The zero-order chi connectivity index (χ0) is 19.6. The van der Waals surface area contributed by atoms with Crippen molar-refractivity contribution in [2.24, 2.45) is 10.9 Å². The van der Waals surface area contributed by atoms with Crippen LogP contribution in [-0.2, 0) is 6.42 Å². The van der Waals surface area contributed by atoms with Gasteiger partial charge in [0.2, 0.25) is 0 Å². The van der Waals surface area contributed by atoms with Gasteiger partial charge in [-0.1, -0.05) is 19.1 Å². The molecule has 1 aromatic carbocycles. The molecule has 6 nitrogen and oxygen atoms in total. The summed E-state index contributed by atoms with van der Waals surface area (Å²) in [6, 6.07) is 8.24. The fourth-order valence-electron chi connectivity index (χ4n) is 3.40. The van der Waals surface area contributed by atoms with Gasteiger partial charge in [-0.2, -0.15) is 0 Å². The summed E-state index contributed by atoms with van der Waals surface area (Å²) in [6.07, 6.45) is 3.43. The normalized spacial score (nSPS) is 17.4. The van der Waals surface area contributed by atoms with Crippen LogP contribution in [0.1, 0.15) is 42.6 Å². The van der Waals surface area contributed by atoms with E-state index in [1.54, 1.807) is 14.1 Å². The maximum Gasteiger partial charge on any atom is 0.251 e. The van der Waals surface area contributed by atoms with E-state index in [4.69, 9.17) is 0 Å². The molecule has 27 heavy (non-hydrogen) atoms. The number of likely N-dealkylation sites (tertiary alicyclic amines) is 1. The molecule has 1 heterocycles. The number of aliphatic imine (C=N–C) groups is 1. The molecule has 1 fully saturated rings. The van der Waals surface area contributed by atoms with Crippen molar-refractivity contribution in [3.8, 4) is 0 Å². The standard InChI is InChI=1S/C21H35N5O/c1-16-9-12-26(13-10-16)17(2)15-25-21(23-4)24-11-8-18-6-5-7-19(14-18)20(27)22-3/h5-7,14,16-17H,8-13,15H2,1-4H3,(H,22,27)(H2,23,24,25). The number of hydrogen-bond donors (Lipinski definition) is 3. The highest BCUT2D eigenvalue weighted by Crippen LogP contribution is 2.17. The van der Waals surface area contributed by atoms with E-state index in [1.807, 2.05) is 24.3 Å². The van der Waals surface area contributed by atoms with Gasteiger partial charge in [-0.25, -0.2) is 0 Å². The van der Waals surface area contributed by atoms with Crippen LogP contribution in [0.3, 0.4) is 0 Å². The molecule has 1 saturated heterocycles. The van der Waals surface area contributed by atoms with Gasteiger partial charge in [0, 0.05) is 38.8 Å². The highest BCUT2D eigenvalue weighted by atomic mass is 16.1. The van der Waals surface area contributed by atoms with Crippen LogP contribution in [-0.4, -0.2) is 63.1 Å². The Labute approximate surface area is 163 Å². The maximum absolute atomic E-state index is 11.7. The first kappa shape index (κ1) is 21.2. The van der Waals surface area contributed by atoms with E-state index < -0.39 is 0 Å². The second kappa shape index (κ2) is 10.9. The van der Waals surface area contributed by atoms with Crippen molar-refractivity contribution < 1.29 is 4.79 Å². The van der Waals surface area contributed by atoms with Gasteiger partial charge in [-0.05, 0) is 62.9 Å². The van der Waals surface area contributed by atoms with Gasteiger partial charge < -0.3 is 16.0 Å². The van der Waals surface area contributed by atoms with Crippen LogP contribution in [0.4, 0.5) is 0 Å². The topological polar surface area (TPSA) is 68.8 Å². The van der Waals surface area contributed by atoms with Gasteiger partial charge in [0.25, 0.3) is 5.91 Å². The minimum absolute atomic E-state index is 0.0524. The van der Waals surface area contributed by atoms with Crippen LogP contribution in [0.5, 0.6) is 0 Å². The Balaban J connectivity index is 1.73. The van der Waals surface area contributed by atoms with Crippen LogP contribution >= 0.6 is 0 Å². The summed E-state index contributed by atoms with van der Waals surface area (Å²) < 4.78 is 0. The van der Waals surface area contributed by atoms with Crippen molar-refractivity contribution in [1.29, 1.82) is 0 Å². The van der Waals surface area contributed by atoms with E-state index in [2.05, 4.69) is 39.7 Å². The molecule has 6 heteroatoms. The first-order valence-corrected chi connectivity index (χ1v) is 10.0. The highest BCUT2D eigenvalue weighted by Gasteiger charge is 2.20. The molecule has 0 spiro atoms. The SMILES string of the molecule is CN=C(NCCc1cccc(C(=O)NC)c1)NCC(C)N1CCC(C)CC1. The Hall–Kier alpha value is -2.08. The minimum atomic E-state index is -0.0524. The van der Waals surface area contributed by atoms with Crippen molar-refractivity contribution in [2.75, 3.05) is 40.3 Å². The molecule has 0 radical (unpaired) electrons. The molecule has 150 valence electrons. The van der Waals surface area contributed by atoms with Crippen molar-refractivity contribution in [3.63, 3.8) is 0 Å². The quantitative estimate of drug-likeness (QED) is 0.504. The summed E-state index contributed by atoms with van der Waals surface area (Å²) in [4.78, 5) is 18.6. The second-order valence-electron chi connectivity index (χ2n) is 7.48. The highest BCUT2D eigenvalue weighted by molar-refractivity contribution is 5.94. The molecule has 1 aliphatic heterocycles. The lowest BCUT2D eigenvalue weighted by Crippen LogP contribution is -2.48. The second-order valence-corrected chi connectivity index (χ2v) is 7.48. The third-order valence-electron chi connectivity index (χ3n) is 5.35. The van der Waals surface area contributed by atoms with E-state index in [0.29, 0.717) is 11.6 Å². The van der Waals surface area contributed by atoms with Gasteiger partial charge in [0.15, 0.2) is 5.96 Å². The number of hydrogen-bond acceptors (Lipinski definition) is 3. The summed E-state index contributed by atoms with van der Waals surface area (Å²) >= 11 is 0. The van der Waals surface area contributed by atoms with Gasteiger partial charge in [0.1, 0.15) is 0 Å². The maximum atomic E-state index is 11.7. The zero-order valence-electron chi connectivity index (χ0n) is 17.2. The van der Waals surface area contributed by atoms with Crippen molar-refractivity contribution >= 4 is 11.9 Å². The fraction of sp³-hybridized carbons (Fsp3) is 0.619. The average molecular weight is 374 g/mol. The Morgan fingerprint density at radius 2 is 2.04 bits per heavy atom. The molecule has 3 N–H and O–H groups in total. The van der Waals surface area contributed by atoms with Gasteiger partial charge in [-0.3, -0.25) is 14.7 Å². The Kier molecular flexibility index (Phi) is 8.58. The number of carbonyl (C=O) groups is 1. The van der Waals surface area contributed by atoms with Gasteiger partial charge >= 0.3 is 0 Å². The molecule has 1 aliphatic rings. The largest absolute Gasteiger partial charge is 0.356 e. The molecule has 2 rings (SSSR count). The summed E-state index contributed by atoms with van der Waals surface area (Å²) in [5, 5.41) is 9.46. The predicted molar refractivity (Wildman–Crippen MR) is 112 cm³/mol. The number of rotatable bonds is 7. The van der Waals surface area contributed by atoms with Crippen molar-refractivity contribution in [2.45, 2.75) is 39.2 Å². The summed E-state index contributed by atoms with van der Waals surface area (Å²) in [6.45, 7) is 8.67. The first-order chi connectivity index (χ1) is 13.0. The molecule has 0 bridgehead atoms. The summed E-state index contributed by atoms with van der Waals surface area (Å²) in [7, 11) is 3.45. The minimum Gasteiger partial charge on any atom is -0.356 e. The number of nitrogens with zero attached hydrogens (tertiary/aromatic N) is 2. The molecular weight excluding hydrogens is 338 g/mol. The molecule has 1 atom stereocenters. The molecule has 0 saturated carbocycles. The zero-order valence-corrected chi connectivity index (χ0v) is 17.2. The van der Waals surface area contributed by atoms with Crippen molar-refractivity contribution in [1.82, 2.24) is 20.9 Å². The Bertz CT molecular complexity index is 623. The monoisotopic (exact) mass is 373 g/mol. The van der Waals surface area contributed by atoms with Crippen LogP contribution in [0.2, 0.25) is 0 Å². The lowest BCUT2D eigenvalue weighted by atomic mass is 9.98. The van der Waals surface area contributed by atoms with Gasteiger partial charge in [0.05, 0.1) is 0 Å². The van der Waals surface area contributed by atoms with Crippen LogP contribution < -0.4 is 16.0 Å². The summed E-state index contributed by atoms with van der Waals surface area (Å²) in [5.74, 6) is 1.64. The van der Waals surface area contributed by atoms with Crippen LogP contribution in [0.25, 0.3) is 0 Å². The molecule has 0 aromatic heterocycles. The number of guanidine groups is 1. The predicted octanol–water partition coefficient (Wildman–Crippen LogP) is 1.87. The Morgan fingerprint density at radius 1 is 1.30 bits per heavy atom. The van der Waals surface area contributed by atoms with Gasteiger partial charge in [-0.15, -0.1) is 0 Å². The Morgan fingerprint density at radius 3 is 2.70 bits per heavy atom. The molecule has 1 unspecified atom stereocenters. The van der Waals surface area contributed by atoms with Crippen LogP contribution in [0.15, 0.2) is 29.3 Å². The van der Waals surface area contributed by atoms with Crippen LogP contribution in [0, 0.1) is 5.92 Å². The average Bonchev–Trinajstić information content (AvgIpc) is 2.70. The molecule has 1 amide bonds. The van der Waals surface area contributed by atoms with Crippen molar-refractivity contribution in [3.05, 3.63) is 35.4 Å². The van der Waals surface area contributed by atoms with E-state index in [-0.39, 0.29) is 5.91 Å². The van der Waals surface area contributed by atoms with E-state index >= 15 is 0 Å². The van der Waals surface area contributed by atoms with E-state index in [1.165, 1.54) is 25.9 Å². The number of carbonyl (C=O) groups excluding carboxylic acids is 1. The molecular formula is C21H35N5O. The number of piperidine rings is 1. The fourth-order valence-corrected chi connectivity index (χ4v) is 3.40. The number of nitrogens with one attached hydrogen (secondary N) is 3. The third kappa shape index (κ3) is 6.86. The number of benzene rings is 1. The van der Waals surface area contributed by atoms with E-state index in [9.17, 15) is 4.79 Å². The molecule has 0 aliphatic carbocycles. The summed E-state index contributed by atoms with van der Waals surface area (Å²) in [5.41, 5.74) is 1.83. The lowest BCUT2D eigenvalue weighted by molar-refractivity contribution is 0.0963. The molecule has 1 aromatic rings. The number of amides is 1. The third-order valence-corrected chi connectivity index (χ3v) is 5.35. The first-order valence-electron chi connectivity index (χ1n) is 10.0. The smallest absolute Gasteiger partial charge is 0.251 e. The lowest BCUT2D eigenvalue weighted by Gasteiger charge is -2.35.